The lowest BCUT2D eigenvalue weighted by atomic mass is 10.1. The minimum Gasteiger partial charge on any atom is -0.413 e. The second-order valence-corrected chi connectivity index (χ2v) is 10.5. The van der Waals surface area contributed by atoms with Gasteiger partial charge in [-0.05, 0) is 29.3 Å². The highest BCUT2D eigenvalue weighted by Gasteiger charge is 2.36. The molecule has 0 bridgehead atoms. The summed E-state index contributed by atoms with van der Waals surface area (Å²) in [6.07, 6.45) is -2.08. The minimum absolute atomic E-state index is 0.112. The molecule has 0 radical (unpaired) electrons. The zero-order chi connectivity index (χ0) is 17.4. The lowest BCUT2D eigenvalue weighted by Gasteiger charge is -2.36. The molecule has 0 unspecified atom stereocenters. The lowest BCUT2D eigenvalue weighted by molar-refractivity contribution is 0.276. The third kappa shape index (κ3) is 3.97. The Hall–Kier alpha value is -1.11. The number of benzene rings is 1. The van der Waals surface area contributed by atoms with Crippen molar-refractivity contribution in [2.24, 2.45) is 0 Å². The second kappa shape index (κ2) is 5.68. The van der Waals surface area contributed by atoms with Crippen molar-refractivity contribution in [1.29, 1.82) is 5.26 Å². The maximum absolute atomic E-state index is 8.80. The van der Waals surface area contributed by atoms with Crippen molar-refractivity contribution in [3.8, 4) is 6.07 Å². The topological polar surface area (TPSA) is 33.0 Å². The van der Waals surface area contributed by atoms with E-state index in [0.717, 1.165) is 0 Å². The molecule has 1 aromatic carbocycles. The van der Waals surface area contributed by atoms with Crippen LogP contribution >= 0.6 is 0 Å². The van der Waals surface area contributed by atoms with Gasteiger partial charge in [0.05, 0.1) is 21.7 Å². The first-order valence-corrected chi connectivity index (χ1v) is 8.86. The van der Waals surface area contributed by atoms with Crippen molar-refractivity contribution < 1.29 is 9.91 Å². The predicted molar refractivity (Wildman–Crippen MR) is 77.7 cm³/mol. The van der Waals surface area contributed by atoms with E-state index in [4.69, 9.17) is 15.2 Å². The van der Waals surface area contributed by atoms with Crippen molar-refractivity contribution in [2.75, 3.05) is 0 Å². The molecule has 3 heteroatoms. The molecule has 0 N–H and O–H groups in total. The fourth-order valence-corrected chi connectivity index (χ4v) is 1.70. The first kappa shape index (κ1) is 9.77. The second-order valence-electron chi connectivity index (χ2n) is 5.78. The third-order valence-corrected chi connectivity index (χ3v) is 7.54. The van der Waals surface area contributed by atoms with Gasteiger partial charge in [-0.2, -0.15) is 5.26 Å². The molecule has 0 aliphatic carbocycles. The van der Waals surface area contributed by atoms with Gasteiger partial charge < -0.3 is 4.43 Å². The van der Waals surface area contributed by atoms with Crippen LogP contribution in [0.1, 0.15) is 37.4 Å². The molecule has 0 fully saturated rings. The van der Waals surface area contributed by atoms with E-state index >= 15 is 0 Å². The van der Waals surface area contributed by atoms with Crippen LogP contribution in [0.15, 0.2) is 24.3 Å². The Bertz CT molecular complexity index is 571. The van der Waals surface area contributed by atoms with E-state index in [2.05, 4.69) is 0 Å². The summed E-state index contributed by atoms with van der Waals surface area (Å²) in [5.74, 6) is 0. The van der Waals surface area contributed by atoms with Crippen LogP contribution in [0.2, 0.25) is 18.1 Å². The summed E-state index contributed by atoms with van der Waals surface area (Å²) in [5.41, 5.74) is 0.539. The predicted octanol–water partition coefficient (Wildman–Crippen LogP) is 4.27. The number of nitriles is 1. The normalized spacial score (nSPS) is 17.1. The van der Waals surface area contributed by atoms with Crippen LogP contribution in [0.3, 0.4) is 0 Å². The van der Waals surface area contributed by atoms with E-state index in [1.165, 1.54) is 24.3 Å². The fourth-order valence-electron chi connectivity index (χ4n) is 1.03. The van der Waals surface area contributed by atoms with Crippen LogP contribution in [0.5, 0.6) is 0 Å². The van der Waals surface area contributed by atoms with Crippen molar-refractivity contribution in [3.05, 3.63) is 35.4 Å². The molecule has 0 saturated heterocycles. The Labute approximate surface area is 117 Å². The van der Waals surface area contributed by atoms with E-state index < -0.39 is 21.2 Å². The largest absolute Gasteiger partial charge is 0.413 e. The molecule has 2 nitrogen and oxygen atoms in total. The molecule has 0 aliphatic heterocycles. The first-order valence-electron chi connectivity index (χ1n) is 7.95. The molecular formula is C15H23NOSi. The molecule has 1 rings (SSSR count). The molecule has 0 heterocycles. The van der Waals surface area contributed by atoms with Crippen molar-refractivity contribution in [3.63, 3.8) is 0 Å². The highest BCUT2D eigenvalue weighted by atomic mass is 28.4. The Morgan fingerprint density at radius 3 is 2.17 bits per heavy atom. The molecule has 1 aromatic rings. The van der Waals surface area contributed by atoms with Crippen LogP contribution in [0, 0.1) is 11.3 Å². The van der Waals surface area contributed by atoms with Gasteiger partial charge in [0.1, 0.15) is 0 Å². The zero-order valence-corrected chi connectivity index (χ0v) is 12.7. The minimum atomic E-state index is -2.28. The average Bonchev–Trinajstić information content (AvgIpc) is 2.36. The fraction of sp³-hybridized carbons (Fsp3) is 0.533. The summed E-state index contributed by atoms with van der Waals surface area (Å²) >= 11 is 0. The summed E-state index contributed by atoms with van der Waals surface area (Å²) in [7, 11) is -2.28. The van der Waals surface area contributed by atoms with Crippen LogP contribution in [0.25, 0.3) is 0 Å². The first-order chi connectivity index (χ1) is 9.73. The standard InChI is InChI=1S/C15H23NOSi/c1-15(2,3)18(4,5)17-12-14-8-6-13(7-9-14)10-11-16/h6-9H,10,12H2,1-5H3/i10D2,12D2. The SMILES string of the molecule is [2H]C([2H])(C#N)c1ccc(C([2H])([2H])O[Si](C)(C)C(C)(C)C)cc1. The molecular weight excluding hydrogens is 238 g/mol. The van der Waals surface area contributed by atoms with Gasteiger partial charge in [-0.25, -0.2) is 0 Å². The van der Waals surface area contributed by atoms with Gasteiger partial charge in [-0.3, -0.25) is 0 Å². The number of hydrogen-bond donors (Lipinski definition) is 0. The average molecular weight is 265 g/mol. The Morgan fingerprint density at radius 2 is 1.72 bits per heavy atom. The highest BCUT2D eigenvalue weighted by Crippen LogP contribution is 2.37. The lowest BCUT2D eigenvalue weighted by Crippen LogP contribution is -2.40. The van der Waals surface area contributed by atoms with E-state index in [-0.39, 0.29) is 10.6 Å². The number of nitrogens with zero attached hydrogens (tertiary/aromatic N) is 1. The number of hydrogen-bond acceptors (Lipinski definition) is 2. The van der Waals surface area contributed by atoms with Gasteiger partial charge >= 0.3 is 0 Å². The van der Waals surface area contributed by atoms with Crippen LogP contribution in [-0.2, 0) is 17.4 Å². The zero-order valence-electron chi connectivity index (χ0n) is 15.7. The van der Waals surface area contributed by atoms with Gasteiger partial charge in [0.25, 0.3) is 0 Å². The van der Waals surface area contributed by atoms with E-state index in [9.17, 15) is 0 Å². The Morgan fingerprint density at radius 1 is 1.22 bits per heavy atom. The molecule has 18 heavy (non-hydrogen) atoms. The van der Waals surface area contributed by atoms with Crippen molar-refractivity contribution in [2.45, 2.75) is 51.8 Å². The van der Waals surface area contributed by atoms with Gasteiger partial charge in [0, 0.05) is 2.74 Å². The molecule has 98 valence electrons. The van der Waals surface area contributed by atoms with Gasteiger partial charge in [0.2, 0.25) is 0 Å². The Balaban J connectivity index is 3.08. The van der Waals surface area contributed by atoms with Gasteiger partial charge in [-0.15, -0.1) is 0 Å². The third-order valence-electron chi connectivity index (χ3n) is 3.32. The summed E-state index contributed by atoms with van der Waals surface area (Å²) in [5, 5.41) is 8.69. The quantitative estimate of drug-likeness (QED) is 0.761. The molecule has 0 aromatic heterocycles. The highest BCUT2D eigenvalue weighted by molar-refractivity contribution is 6.74. The maximum Gasteiger partial charge on any atom is 0.192 e. The molecule has 0 atom stereocenters. The summed E-state index contributed by atoms with van der Waals surface area (Å²) in [4.78, 5) is 0. The smallest absolute Gasteiger partial charge is 0.192 e. The summed E-state index contributed by atoms with van der Waals surface area (Å²) in [6, 6.07) is 7.43. The van der Waals surface area contributed by atoms with Crippen LogP contribution in [-0.4, -0.2) is 8.32 Å². The monoisotopic (exact) mass is 265 g/mol. The summed E-state index contributed by atoms with van der Waals surface area (Å²) in [6.45, 7) is 8.14. The van der Waals surface area contributed by atoms with Crippen LogP contribution < -0.4 is 0 Å². The van der Waals surface area contributed by atoms with E-state index in [0.29, 0.717) is 5.56 Å². The van der Waals surface area contributed by atoms with E-state index in [1.807, 2.05) is 33.9 Å². The maximum atomic E-state index is 8.80. The Kier molecular flexibility index (Phi) is 3.09. The summed E-state index contributed by atoms with van der Waals surface area (Å²) < 4.78 is 37.3. The molecule has 0 spiro atoms. The van der Waals surface area contributed by atoms with Gasteiger partial charge in [-0.1, -0.05) is 45.0 Å². The van der Waals surface area contributed by atoms with Crippen LogP contribution in [0.4, 0.5) is 0 Å². The molecule has 0 aliphatic rings. The molecule has 0 amide bonds. The number of rotatable bonds is 4. The van der Waals surface area contributed by atoms with Crippen molar-refractivity contribution in [1.82, 2.24) is 0 Å². The van der Waals surface area contributed by atoms with Crippen molar-refractivity contribution >= 4 is 8.32 Å². The van der Waals surface area contributed by atoms with Gasteiger partial charge in [0.15, 0.2) is 8.32 Å². The van der Waals surface area contributed by atoms with E-state index in [1.54, 1.807) is 6.07 Å². The molecule has 0 saturated carbocycles.